The number of nitrogens with zero attached hydrogens (tertiary/aromatic N) is 1. The number of benzene rings is 2. The third-order valence-corrected chi connectivity index (χ3v) is 8.55. The monoisotopic (exact) mass is 474 g/mol. The van der Waals surface area contributed by atoms with Crippen LogP contribution in [0.15, 0.2) is 48.5 Å². The topological polar surface area (TPSA) is 95.9 Å². The fraction of sp³-hybridized carbons (Fsp3) is 0.464. The zero-order valence-electron chi connectivity index (χ0n) is 19.6. The van der Waals surface area contributed by atoms with Gasteiger partial charge in [0.15, 0.2) is 0 Å². The molecule has 182 valence electrons. The van der Waals surface area contributed by atoms with E-state index in [0.29, 0.717) is 13.0 Å². The number of amides is 2. The van der Waals surface area contributed by atoms with E-state index in [-0.39, 0.29) is 42.9 Å². The van der Waals surface area contributed by atoms with Gasteiger partial charge in [-0.3, -0.25) is 9.59 Å². The maximum Gasteiger partial charge on any atom is 0.407 e. The van der Waals surface area contributed by atoms with Gasteiger partial charge in [-0.25, -0.2) is 4.79 Å². The molecule has 4 aliphatic rings. The molecule has 2 saturated carbocycles. The molecular formula is C28H30N2O5. The zero-order valence-corrected chi connectivity index (χ0v) is 19.6. The fourth-order valence-electron chi connectivity index (χ4n) is 6.87. The maximum atomic E-state index is 13.4. The van der Waals surface area contributed by atoms with E-state index in [4.69, 9.17) is 4.74 Å². The smallest absolute Gasteiger partial charge is 0.407 e. The molecule has 0 aromatic heterocycles. The number of likely N-dealkylation sites (tertiary alicyclic amines) is 1. The summed E-state index contributed by atoms with van der Waals surface area (Å²) in [7, 11) is 0. The number of alkyl carbamates (subject to hydrolysis) is 1. The van der Waals surface area contributed by atoms with Gasteiger partial charge in [-0.05, 0) is 60.3 Å². The molecular weight excluding hydrogens is 444 g/mol. The third kappa shape index (κ3) is 3.77. The zero-order chi connectivity index (χ0) is 24.2. The fourth-order valence-corrected chi connectivity index (χ4v) is 6.87. The largest absolute Gasteiger partial charge is 0.481 e. The molecule has 0 bridgehead atoms. The van der Waals surface area contributed by atoms with E-state index >= 15 is 0 Å². The summed E-state index contributed by atoms with van der Waals surface area (Å²) in [6.07, 6.45) is 3.39. The van der Waals surface area contributed by atoms with Crippen LogP contribution in [0.2, 0.25) is 0 Å². The Hall–Kier alpha value is -3.35. The summed E-state index contributed by atoms with van der Waals surface area (Å²) in [4.78, 5) is 39.1. The van der Waals surface area contributed by atoms with Crippen molar-refractivity contribution in [3.8, 4) is 11.1 Å². The van der Waals surface area contributed by atoms with E-state index < -0.39 is 17.5 Å². The Balaban J connectivity index is 1.06. The lowest BCUT2D eigenvalue weighted by Crippen LogP contribution is -2.43. The van der Waals surface area contributed by atoms with Gasteiger partial charge in [0.05, 0.1) is 11.8 Å². The number of fused-ring (bicyclic) bond motifs is 4. The molecule has 35 heavy (non-hydrogen) atoms. The lowest BCUT2D eigenvalue weighted by molar-refractivity contribution is -0.142. The molecule has 2 amide bonds. The average Bonchev–Trinajstić information content (AvgIpc) is 3.16. The van der Waals surface area contributed by atoms with Crippen molar-refractivity contribution < 1.29 is 24.2 Å². The molecule has 1 aliphatic heterocycles. The predicted molar refractivity (Wildman–Crippen MR) is 129 cm³/mol. The lowest BCUT2D eigenvalue weighted by Gasteiger charge is -2.28. The van der Waals surface area contributed by atoms with Gasteiger partial charge >= 0.3 is 12.1 Å². The second-order valence-corrected chi connectivity index (χ2v) is 10.6. The number of ether oxygens (including phenoxy) is 1. The molecule has 1 saturated heterocycles. The molecule has 0 radical (unpaired) electrons. The number of carboxylic acid groups (broad SMARTS) is 1. The quantitative estimate of drug-likeness (QED) is 0.656. The number of aliphatic carboxylic acids is 1. The lowest BCUT2D eigenvalue weighted by atomic mass is 9.98. The maximum absolute atomic E-state index is 13.4. The van der Waals surface area contributed by atoms with Gasteiger partial charge in [-0.15, -0.1) is 0 Å². The van der Waals surface area contributed by atoms with E-state index in [1.165, 1.54) is 22.3 Å². The van der Waals surface area contributed by atoms with Crippen molar-refractivity contribution in [2.45, 2.75) is 56.5 Å². The molecule has 2 aromatic rings. The summed E-state index contributed by atoms with van der Waals surface area (Å²) < 4.78 is 5.70. The van der Waals surface area contributed by atoms with Crippen molar-refractivity contribution in [3.05, 3.63) is 59.7 Å². The Kier molecular flexibility index (Phi) is 5.31. The van der Waals surface area contributed by atoms with E-state index in [9.17, 15) is 19.5 Å². The highest BCUT2D eigenvalue weighted by Crippen LogP contribution is 2.64. The van der Waals surface area contributed by atoms with E-state index in [1.54, 1.807) is 4.90 Å². The van der Waals surface area contributed by atoms with Crippen LogP contribution in [0.5, 0.6) is 0 Å². The number of carbonyl (C=O) groups excluding carboxylic acids is 2. The Morgan fingerprint density at radius 1 is 1.03 bits per heavy atom. The molecule has 3 aliphatic carbocycles. The number of rotatable bonds is 6. The molecule has 3 fully saturated rings. The Bertz CT molecular complexity index is 1150. The molecule has 7 heteroatoms. The molecule has 2 aromatic carbocycles. The van der Waals surface area contributed by atoms with Crippen molar-refractivity contribution in [3.63, 3.8) is 0 Å². The van der Waals surface area contributed by atoms with Crippen molar-refractivity contribution in [1.29, 1.82) is 0 Å². The van der Waals surface area contributed by atoms with Crippen LogP contribution in [-0.4, -0.2) is 53.2 Å². The molecule has 1 heterocycles. The van der Waals surface area contributed by atoms with Crippen LogP contribution >= 0.6 is 0 Å². The van der Waals surface area contributed by atoms with Crippen molar-refractivity contribution >= 4 is 18.0 Å². The standard InChI is InChI=1S/C28H30N2O5/c31-25(32)13-19-6-5-11-30(19)26(33)28-14-17(28)12-18(15-28)29-27(34)35-16-24-22-9-3-1-7-20(22)21-8-2-4-10-23(21)24/h1-4,7-10,17-19,24H,5-6,11-16H2,(H,29,34)(H,31,32). The highest BCUT2D eigenvalue weighted by molar-refractivity contribution is 5.88. The molecule has 4 unspecified atom stereocenters. The van der Waals surface area contributed by atoms with Crippen molar-refractivity contribution in [2.24, 2.45) is 11.3 Å². The van der Waals surface area contributed by atoms with Crippen molar-refractivity contribution in [1.82, 2.24) is 10.2 Å². The Morgan fingerprint density at radius 2 is 1.71 bits per heavy atom. The minimum absolute atomic E-state index is 0.00785. The minimum atomic E-state index is -0.860. The second kappa shape index (κ2) is 8.40. The highest BCUT2D eigenvalue weighted by atomic mass is 16.5. The van der Waals surface area contributed by atoms with Crippen LogP contribution in [0.1, 0.15) is 55.6 Å². The average molecular weight is 475 g/mol. The third-order valence-electron chi connectivity index (χ3n) is 8.55. The summed E-state index contributed by atoms with van der Waals surface area (Å²) in [5, 5.41) is 12.2. The highest BCUT2D eigenvalue weighted by Gasteiger charge is 2.66. The molecule has 2 N–H and O–H groups in total. The van der Waals surface area contributed by atoms with Crippen LogP contribution in [0.4, 0.5) is 4.79 Å². The number of carboxylic acids is 1. The number of nitrogens with one attached hydrogen (secondary N) is 1. The summed E-state index contributed by atoms with van der Waals surface area (Å²) in [5.74, 6) is -0.497. The number of hydrogen-bond donors (Lipinski definition) is 2. The van der Waals surface area contributed by atoms with Gasteiger partial charge in [0.2, 0.25) is 5.91 Å². The summed E-state index contributed by atoms with van der Waals surface area (Å²) in [5.41, 5.74) is 4.31. The normalized spacial score (nSPS) is 28.2. The molecule has 0 spiro atoms. The summed E-state index contributed by atoms with van der Waals surface area (Å²) in [6.45, 7) is 0.903. The number of hydrogen-bond acceptors (Lipinski definition) is 4. The van der Waals surface area contributed by atoms with Crippen LogP contribution in [0.3, 0.4) is 0 Å². The van der Waals surface area contributed by atoms with Gasteiger partial charge in [0.25, 0.3) is 0 Å². The van der Waals surface area contributed by atoms with Gasteiger partial charge < -0.3 is 20.1 Å². The minimum Gasteiger partial charge on any atom is -0.481 e. The Morgan fingerprint density at radius 3 is 2.40 bits per heavy atom. The first kappa shape index (κ1) is 22.1. The summed E-state index contributed by atoms with van der Waals surface area (Å²) >= 11 is 0. The predicted octanol–water partition coefficient (Wildman–Crippen LogP) is 4.16. The molecule has 4 atom stereocenters. The van der Waals surface area contributed by atoms with Gasteiger partial charge in [-0.1, -0.05) is 48.5 Å². The SMILES string of the molecule is O=C(O)CC1CCCN1C(=O)C12CC(NC(=O)OCC3c4ccccc4-c4ccccc43)CC1C2. The van der Waals surface area contributed by atoms with Crippen LogP contribution in [0.25, 0.3) is 11.1 Å². The molecule has 6 rings (SSSR count). The van der Waals surface area contributed by atoms with Gasteiger partial charge in [-0.2, -0.15) is 0 Å². The first-order valence-corrected chi connectivity index (χ1v) is 12.6. The second-order valence-electron chi connectivity index (χ2n) is 10.6. The van der Waals surface area contributed by atoms with Crippen LogP contribution < -0.4 is 5.32 Å². The molecule has 7 nitrogen and oxygen atoms in total. The first-order valence-electron chi connectivity index (χ1n) is 12.6. The van der Waals surface area contributed by atoms with Gasteiger partial charge in [0, 0.05) is 24.5 Å². The Labute approximate surface area is 204 Å². The van der Waals surface area contributed by atoms with E-state index in [1.807, 2.05) is 24.3 Å². The van der Waals surface area contributed by atoms with Crippen LogP contribution in [-0.2, 0) is 14.3 Å². The van der Waals surface area contributed by atoms with Crippen LogP contribution in [0, 0.1) is 11.3 Å². The first-order chi connectivity index (χ1) is 17.0. The van der Waals surface area contributed by atoms with E-state index in [2.05, 4.69) is 29.6 Å². The van der Waals surface area contributed by atoms with E-state index in [0.717, 1.165) is 25.7 Å². The van der Waals surface area contributed by atoms with Gasteiger partial charge in [0.1, 0.15) is 6.61 Å². The number of carbonyl (C=O) groups is 3. The summed E-state index contributed by atoms with van der Waals surface area (Å²) in [6, 6.07) is 16.2. The van der Waals surface area contributed by atoms with Crippen molar-refractivity contribution in [2.75, 3.05) is 13.2 Å².